The molecule has 2 heteroatoms. The topological polar surface area (TPSA) is 21.3 Å². The van der Waals surface area contributed by atoms with Crippen LogP contribution in [0.15, 0.2) is 0 Å². The maximum absolute atomic E-state index is 5.94. The van der Waals surface area contributed by atoms with Crippen LogP contribution in [0.4, 0.5) is 0 Å². The molecule has 0 saturated heterocycles. The molecule has 0 bridgehead atoms. The largest absolute Gasteiger partial charge is 0.377 e. The molecule has 1 aliphatic rings. The smallest absolute Gasteiger partial charge is 0.0699 e. The van der Waals surface area contributed by atoms with E-state index in [9.17, 15) is 0 Å². The fourth-order valence-electron chi connectivity index (χ4n) is 2.29. The maximum atomic E-state index is 5.94. The van der Waals surface area contributed by atoms with Crippen LogP contribution in [-0.2, 0) is 4.74 Å². The van der Waals surface area contributed by atoms with Gasteiger partial charge in [0.1, 0.15) is 0 Å². The van der Waals surface area contributed by atoms with Gasteiger partial charge in [-0.2, -0.15) is 0 Å². The van der Waals surface area contributed by atoms with Crippen molar-refractivity contribution >= 4 is 0 Å². The summed E-state index contributed by atoms with van der Waals surface area (Å²) in [7, 11) is 0. The highest BCUT2D eigenvalue weighted by molar-refractivity contribution is 4.73. The van der Waals surface area contributed by atoms with E-state index in [4.69, 9.17) is 4.74 Å². The Morgan fingerprint density at radius 2 is 2.06 bits per heavy atom. The van der Waals surface area contributed by atoms with E-state index >= 15 is 0 Å². The summed E-state index contributed by atoms with van der Waals surface area (Å²) in [4.78, 5) is 0. The van der Waals surface area contributed by atoms with E-state index in [-0.39, 0.29) is 0 Å². The highest BCUT2D eigenvalue weighted by Crippen LogP contribution is 2.29. The maximum Gasteiger partial charge on any atom is 0.0699 e. The van der Waals surface area contributed by atoms with Gasteiger partial charge < -0.3 is 10.1 Å². The van der Waals surface area contributed by atoms with Crippen molar-refractivity contribution in [3.8, 4) is 0 Å². The Labute approximate surface area is 101 Å². The lowest BCUT2D eigenvalue weighted by Crippen LogP contribution is -2.40. The first kappa shape index (κ1) is 14.0. The number of hydrogen-bond acceptors (Lipinski definition) is 2. The van der Waals surface area contributed by atoms with Crippen LogP contribution in [0.25, 0.3) is 0 Å². The molecule has 2 atom stereocenters. The van der Waals surface area contributed by atoms with E-state index in [0.717, 1.165) is 25.5 Å². The average molecular weight is 227 g/mol. The summed E-state index contributed by atoms with van der Waals surface area (Å²) in [5, 5.41) is 3.56. The molecule has 2 nitrogen and oxygen atoms in total. The van der Waals surface area contributed by atoms with E-state index in [1.54, 1.807) is 0 Å². The van der Waals surface area contributed by atoms with Gasteiger partial charge in [0.05, 0.1) is 6.10 Å². The lowest BCUT2D eigenvalue weighted by Gasteiger charge is -2.28. The highest BCUT2D eigenvalue weighted by Gasteiger charge is 2.19. The molecule has 0 radical (unpaired) electrons. The second-order valence-corrected chi connectivity index (χ2v) is 5.13. The summed E-state index contributed by atoms with van der Waals surface area (Å²) in [5.74, 6) is 0.968. The van der Waals surface area contributed by atoms with E-state index in [0.29, 0.717) is 12.1 Å². The summed E-state index contributed by atoms with van der Waals surface area (Å²) < 4.78 is 5.94. The van der Waals surface area contributed by atoms with E-state index in [2.05, 4.69) is 26.1 Å². The minimum absolute atomic E-state index is 0.358. The summed E-state index contributed by atoms with van der Waals surface area (Å²) >= 11 is 0. The molecule has 0 aromatic carbocycles. The van der Waals surface area contributed by atoms with Crippen molar-refractivity contribution in [3.05, 3.63) is 0 Å². The lowest BCUT2D eigenvalue weighted by molar-refractivity contribution is 0.0249. The Balaban J connectivity index is 2.07. The minimum Gasteiger partial charge on any atom is -0.377 e. The SMILES string of the molecule is CCCNC(CC)C(C)OCCC1CCC1. The zero-order valence-corrected chi connectivity index (χ0v) is 11.3. The van der Waals surface area contributed by atoms with Gasteiger partial charge >= 0.3 is 0 Å². The van der Waals surface area contributed by atoms with Crippen LogP contribution in [0.1, 0.15) is 59.3 Å². The standard InChI is InChI=1S/C14H29NO/c1-4-10-15-14(5-2)12(3)16-11-9-13-7-6-8-13/h12-15H,4-11H2,1-3H3. The fraction of sp³-hybridized carbons (Fsp3) is 1.00. The highest BCUT2D eigenvalue weighted by atomic mass is 16.5. The molecule has 1 fully saturated rings. The van der Waals surface area contributed by atoms with Crippen molar-refractivity contribution in [1.29, 1.82) is 0 Å². The molecule has 2 unspecified atom stereocenters. The molecular weight excluding hydrogens is 198 g/mol. The van der Waals surface area contributed by atoms with E-state index < -0.39 is 0 Å². The molecule has 0 aromatic heterocycles. The average Bonchev–Trinajstić information content (AvgIpc) is 2.23. The van der Waals surface area contributed by atoms with Gasteiger partial charge in [-0.1, -0.05) is 33.1 Å². The first-order chi connectivity index (χ1) is 7.77. The van der Waals surface area contributed by atoms with Crippen LogP contribution in [0.3, 0.4) is 0 Å². The van der Waals surface area contributed by atoms with Gasteiger partial charge in [0.2, 0.25) is 0 Å². The first-order valence-corrected chi connectivity index (χ1v) is 7.12. The Morgan fingerprint density at radius 3 is 2.56 bits per heavy atom. The van der Waals surface area contributed by atoms with Crippen LogP contribution >= 0.6 is 0 Å². The van der Waals surface area contributed by atoms with Crippen LogP contribution < -0.4 is 5.32 Å². The quantitative estimate of drug-likeness (QED) is 0.652. The number of nitrogens with one attached hydrogen (secondary N) is 1. The van der Waals surface area contributed by atoms with Gasteiger partial charge in [0.25, 0.3) is 0 Å². The van der Waals surface area contributed by atoms with Crippen LogP contribution in [-0.4, -0.2) is 25.3 Å². The van der Waals surface area contributed by atoms with E-state index in [1.807, 2.05) is 0 Å². The van der Waals surface area contributed by atoms with Crippen LogP contribution in [0.5, 0.6) is 0 Å². The number of rotatable bonds is 9. The minimum atomic E-state index is 0.358. The summed E-state index contributed by atoms with van der Waals surface area (Å²) in [5.41, 5.74) is 0. The molecule has 16 heavy (non-hydrogen) atoms. The van der Waals surface area contributed by atoms with Gasteiger partial charge in [0, 0.05) is 12.6 Å². The molecule has 0 amide bonds. The Kier molecular flexibility index (Phi) is 7.06. The van der Waals surface area contributed by atoms with Crippen molar-refractivity contribution in [2.45, 2.75) is 71.4 Å². The summed E-state index contributed by atoms with van der Waals surface area (Å²) in [6.07, 6.45) is 8.29. The van der Waals surface area contributed by atoms with E-state index in [1.165, 1.54) is 32.1 Å². The molecule has 0 aromatic rings. The summed E-state index contributed by atoms with van der Waals surface area (Å²) in [6.45, 7) is 8.71. The van der Waals surface area contributed by atoms with Gasteiger partial charge in [0.15, 0.2) is 0 Å². The third-order valence-electron chi connectivity index (χ3n) is 3.79. The molecular formula is C14H29NO. The third kappa shape index (κ3) is 4.84. The monoisotopic (exact) mass is 227 g/mol. The van der Waals surface area contributed by atoms with Crippen molar-refractivity contribution < 1.29 is 4.74 Å². The second kappa shape index (κ2) is 8.08. The summed E-state index contributed by atoms with van der Waals surface area (Å²) in [6, 6.07) is 0.529. The normalized spacial score (nSPS) is 20.4. The van der Waals surface area contributed by atoms with Crippen molar-refractivity contribution in [1.82, 2.24) is 5.32 Å². The number of hydrogen-bond donors (Lipinski definition) is 1. The third-order valence-corrected chi connectivity index (χ3v) is 3.79. The molecule has 0 aliphatic heterocycles. The Bertz CT molecular complexity index is 168. The van der Waals surface area contributed by atoms with Crippen molar-refractivity contribution in [3.63, 3.8) is 0 Å². The van der Waals surface area contributed by atoms with Crippen molar-refractivity contribution in [2.24, 2.45) is 5.92 Å². The number of ether oxygens (including phenoxy) is 1. The zero-order chi connectivity index (χ0) is 11.8. The van der Waals surface area contributed by atoms with Crippen molar-refractivity contribution in [2.75, 3.05) is 13.2 Å². The van der Waals surface area contributed by atoms with Crippen LogP contribution in [0, 0.1) is 5.92 Å². The molecule has 1 saturated carbocycles. The van der Waals surface area contributed by atoms with Crippen LogP contribution in [0.2, 0.25) is 0 Å². The lowest BCUT2D eigenvalue weighted by atomic mass is 9.83. The first-order valence-electron chi connectivity index (χ1n) is 7.12. The Morgan fingerprint density at radius 1 is 1.31 bits per heavy atom. The molecule has 0 spiro atoms. The Hall–Kier alpha value is -0.0800. The predicted octanol–water partition coefficient (Wildman–Crippen LogP) is 3.36. The zero-order valence-electron chi connectivity index (χ0n) is 11.3. The molecule has 96 valence electrons. The molecule has 1 N–H and O–H groups in total. The van der Waals surface area contributed by atoms with Gasteiger partial charge in [-0.05, 0) is 38.6 Å². The molecule has 1 aliphatic carbocycles. The van der Waals surface area contributed by atoms with Gasteiger partial charge in [-0.3, -0.25) is 0 Å². The van der Waals surface area contributed by atoms with Gasteiger partial charge in [-0.15, -0.1) is 0 Å². The predicted molar refractivity (Wildman–Crippen MR) is 69.7 cm³/mol. The molecule has 0 heterocycles. The fourth-order valence-corrected chi connectivity index (χ4v) is 2.29. The second-order valence-electron chi connectivity index (χ2n) is 5.13. The molecule has 1 rings (SSSR count). The van der Waals surface area contributed by atoms with Gasteiger partial charge in [-0.25, -0.2) is 0 Å².